The fourth-order valence-corrected chi connectivity index (χ4v) is 5.83. The number of ether oxygens (including phenoxy) is 2. The van der Waals surface area contributed by atoms with E-state index >= 15 is 0 Å². The van der Waals surface area contributed by atoms with Gasteiger partial charge in [0.2, 0.25) is 0 Å². The Bertz CT molecular complexity index is 907. The van der Waals surface area contributed by atoms with Crippen LogP contribution in [0.3, 0.4) is 0 Å². The van der Waals surface area contributed by atoms with Crippen molar-refractivity contribution in [2.45, 2.75) is 174 Å². The van der Waals surface area contributed by atoms with Crippen molar-refractivity contribution in [3.05, 3.63) is 36.5 Å². The molecule has 0 aromatic rings. The molecule has 0 aliphatic heterocycles. The largest absolute Gasteiger partial charge is 0.472 e. The number of phosphoric ester groups is 1. The van der Waals surface area contributed by atoms with E-state index in [9.17, 15) is 19.0 Å². The zero-order valence-electron chi connectivity index (χ0n) is 31.2. The summed E-state index contributed by atoms with van der Waals surface area (Å²) < 4.78 is 32.6. The van der Waals surface area contributed by atoms with Crippen LogP contribution < -0.4 is 5.73 Å². The highest BCUT2D eigenvalue weighted by molar-refractivity contribution is 7.47. The van der Waals surface area contributed by atoms with Crippen molar-refractivity contribution in [3.63, 3.8) is 0 Å². The van der Waals surface area contributed by atoms with Gasteiger partial charge < -0.3 is 20.1 Å². The molecule has 0 aromatic heterocycles. The van der Waals surface area contributed by atoms with E-state index in [2.05, 4.69) is 50.3 Å². The lowest BCUT2D eigenvalue weighted by atomic mass is 10.1. The first-order valence-corrected chi connectivity index (χ1v) is 21.0. The molecule has 0 rings (SSSR count). The number of esters is 2. The SMILES string of the molecule is CCCCCC/C=C/CCCCCCCC(=O)O[C@H](COC(=O)CCCC/C=C/C/C=C/CCCCCCCC)COP(=O)(O)OCCN. The molecule has 1 unspecified atom stereocenters. The molecular formula is C39H72NO8P. The average molecular weight is 714 g/mol. The molecule has 9 nitrogen and oxygen atoms in total. The summed E-state index contributed by atoms with van der Waals surface area (Å²) in [5.41, 5.74) is 5.33. The Balaban J connectivity index is 4.28. The van der Waals surface area contributed by atoms with Crippen LogP contribution >= 0.6 is 7.82 Å². The van der Waals surface area contributed by atoms with Gasteiger partial charge in [-0.25, -0.2) is 4.57 Å². The van der Waals surface area contributed by atoms with Crippen LogP contribution in [0.15, 0.2) is 36.5 Å². The van der Waals surface area contributed by atoms with Gasteiger partial charge in [0, 0.05) is 19.4 Å². The van der Waals surface area contributed by atoms with Crippen molar-refractivity contribution < 1.29 is 37.6 Å². The zero-order chi connectivity index (χ0) is 36.1. The van der Waals surface area contributed by atoms with Crippen LogP contribution in [0.25, 0.3) is 0 Å². The molecule has 0 fully saturated rings. The number of nitrogens with two attached hydrogens (primary N) is 1. The maximum absolute atomic E-state index is 12.5. The van der Waals surface area contributed by atoms with E-state index in [1.807, 2.05) is 0 Å². The number of hydrogen-bond acceptors (Lipinski definition) is 8. The van der Waals surface area contributed by atoms with E-state index in [4.69, 9.17) is 24.3 Å². The first kappa shape index (κ1) is 47.2. The second-order valence-corrected chi connectivity index (χ2v) is 14.2. The third kappa shape index (κ3) is 35.8. The monoisotopic (exact) mass is 713 g/mol. The van der Waals surface area contributed by atoms with Gasteiger partial charge in [-0.3, -0.25) is 18.6 Å². The fourth-order valence-electron chi connectivity index (χ4n) is 5.07. The van der Waals surface area contributed by atoms with E-state index < -0.39 is 32.5 Å². The van der Waals surface area contributed by atoms with E-state index in [1.165, 1.54) is 70.6 Å². The molecule has 0 bridgehead atoms. The number of carbonyl (C=O) groups excluding carboxylic acids is 2. The van der Waals surface area contributed by atoms with E-state index in [1.54, 1.807) is 0 Å². The van der Waals surface area contributed by atoms with Crippen LogP contribution in [0.4, 0.5) is 0 Å². The van der Waals surface area contributed by atoms with Crippen molar-refractivity contribution >= 4 is 19.8 Å². The molecule has 49 heavy (non-hydrogen) atoms. The summed E-state index contributed by atoms with van der Waals surface area (Å²) in [6.07, 6.45) is 37.5. The van der Waals surface area contributed by atoms with Crippen LogP contribution in [0, 0.1) is 0 Å². The molecular weight excluding hydrogens is 641 g/mol. The van der Waals surface area contributed by atoms with Crippen LogP contribution in [-0.2, 0) is 32.7 Å². The molecule has 3 N–H and O–H groups in total. The minimum absolute atomic E-state index is 0.0475. The molecule has 0 spiro atoms. The van der Waals surface area contributed by atoms with Gasteiger partial charge in [0.1, 0.15) is 6.61 Å². The number of phosphoric acid groups is 1. The van der Waals surface area contributed by atoms with Gasteiger partial charge in [-0.1, -0.05) is 121 Å². The van der Waals surface area contributed by atoms with Crippen LogP contribution in [-0.4, -0.2) is 49.3 Å². The minimum Gasteiger partial charge on any atom is -0.462 e. The standard InChI is InChI=1S/C39H72NO8P/c1-3-5-7-9-11-13-15-17-18-20-21-23-25-27-29-31-38(41)45-35-37(36-47-49(43,44)46-34-33-40)48-39(42)32-30-28-26-24-22-19-16-14-12-10-8-6-4-2/h14,16-18,21,23,37H,3-13,15,19-20,22,24-36,40H2,1-2H3,(H,43,44)/b16-14+,18-17+,23-21+/t37-/m1/s1. The molecule has 0 aliphatic rings. The lowest BCUT2D eigenvalue weighted by Gasteiger charge is -2.19. The molecule has 0 saturated carbocycles. The van der Waals surface area contributed by atoms with Crippen molar-refractivity contribution in [2.24, 2.45) is 5.73 Å². The Hall–Kier alpha value is -1.77. The third-order valence-corrected chi connectivity index (χ3v) is 8.98. The maximum atomic E-state index is 12.5. The van der Waals surface area contributed by atoms with Gasteiger partial charge in [0.05, 0.1) is 13.2 Å². The lowest BCUT2D eigenvalue weighted by Crippen LogP contribution is -2.29. The molecule has 0 amide bonds. The predicted molar refractivity (Wildman–Crippen MR) is 201 cm³/mol. The second kappa shape index (κ2) is 36.0. The van der Waals surface area contributed by atoms with Gasteiger partial charge in [-0.15, -0.1) is 0 Å². The first-order chi connectivity index (χ1) is 23.8. The normalized spacial score (nSPS) is 13.8. The Morgan fingerprint density at radius 1 is 0.612 bits per heavy atom. The fraction of sp³-hybridized carbons (Fsp3) is 0.795. The smallest absolute Gasteiger partial charge is 0.462 e. The van der Waals surface area contributed by atoms with Crippen molar-refractivity contribution in [1.82, 2.24) is 0 Å². The Morgan fingerprint density at radius 2 is 1.06 bits per heavy atom. The molecule has 0 radical (unpaired) electrons. The maximum Gasteiger partial charge on any atom is 0.472 e. The lowest BCUT2D eigenvalue weighted by molar-refractivity contribution is -0.161. The van der Waals surface area contributed by atoms with Gasteiger partial charge in [0.15, 0.2) is 6.10 Å². The molecule has 0 saturated heterocycles. The minimum atomic E-state index is -4.38. The Labute approximate surface area is 299 Å². The van der Waals surface area contributed by atoms with Gasteiger partial charge in [0.25, 0.3) is 0 Å². The number of hydrogen-bond donors (Lipinski definition) is 2. The summed E-state index contributed by atoms with van der Waals surface area (Å²) in [5, 5.41) is 0. The molecule has 2 atom stereocenters. The van der Waals surface area contributed by atoms with Crippen LogP contribution in [0.2, 0.25) is 0 Å². The topological polar surface area (TPSA) is 134 Å². The van der Waals surface area contributed by atoms with Gasteiger partial charge in [-0.05, 0) is 70.6 Å². The number of unbranched alkanes of at least 4 members (excludes halogenated alkanes) is 17. The summed E-state index contributed by atoms with van der Waals surface area (Å²) >= 11 is 0. The highest BCUT2D eigenvalue weighted by atomic mass is 31.2. The van der Waals surface area contributed by atoms with Gasteiger partial charge in [-0.2, -0.15) is 0 Å². The molecule has 286 valence electrons. The average Bonchev–Trinajstić information content (AvgIpc) is 3.08. The van der Waals surface area contributed by atoms with E-state index in [0.717, 1.165) is 57.8 Å². The summed E-state index contributed by atoms with van der Waals surface area (Å²) in [6.45, 7) is 3.65. The molecule has 0 aliphatic carbocycles. The van der Waals surface area contributed by atoms with E-state index in [0.29, 0.717) is 12.8 Å². The molecule has 0 heterocycles. The summed E-state index contributed by atoms with van der Waals surface area (Å²) in [7, 11) is -4.38. The number of allylic oxidation sites excluding steroid dienone is 6. The summed E-state index contributed by atoms with van der Waals surface area (Å²) in [6, 6.07) is 0. The Morgan fingerprint density at radius 3 is 1.63 bits per heavy atom. The number of rotatable bonds is 36. The van der Waals surface area contributed by atoms with Crippen LogP contribution in [0.1, 0.15) is 168 Å². The van der Waals surface area contributed by atoms with Gasteiger partial charge >= 0.3 is 19.8 Å². The zero-order valence-corrected chi connectivity index (χ0v) is 32.1. The molecule has 10 heteroatoms. The number of carbonyl (C=O) groups is 2. The highest BCUT2D eigenvalue weighted by Gasteiger charge is 2.25. The third-order valence-electron chi connectivity index (χ3n) is 8.00. The van der Waals surface area contributed by atoms with E-state index in [-0.39, 0.29) is 32.6 Å². The first-order valence-electron chi connectivity index (χ1n) is 19.5. The van der Waals surface area contributed by atoms with Crippen LogP contribution in [0.5, 0.6) is 0 Å². The molecule has 0 aromatic carbocycles. The van der Waals surface area contributed by atoms with Crippen molar-refractivity contribution in [2.75, 3.05) is 26.4 Å². The van der Waals surface area contributed by atoms with Crippen molar-refractivity contribution in [3.8, 4) is 0 Å². The predicted octanol–water partition coefficient (Wildman–Crippen LogP) is 10.6. The summed E-state index contributed by atoms with van der Waals surface area (Å²) in [5.74, 6) is -0.879. The van der Waals surface area contributed by atoms with Crippen molar-refractivity contribution in [1.29, 1.82) is 0 Å². The summed E-state index contributed by atoms with van der Waals surface area (Å²) in [4.78, 5) is 34.7. The Kier molecular flexibility index (Phi) is 34.7. The quantitative estimate of drug-likeness (QED) is 0.0281. The second-order valence-electron chi connectivity index (χ2n) is 12.8. The highest BCUT2D eigenvalue weighted by Crippen LogP contribution is 2.43.